The van der Waals surface area contributed by atoms with Crippen LogP contribution in [0.3, 0.4) is 0 Å². The van der Waals surface area contributed by atoms with Gasteiger partial charge in [-0.1, -0.05) is 0 Å². The predicted molar refractivity (Wildman–Crippen MR) is 137 cm³/mol. The Kier molecular flexibility index (Phi) is 6.89. The van der Waals surface area contributed by atoms with Gasteiger partial charge in [0.2, 0.25) is 5.95 Å². The number of fused-ring (bicyclic) bond motifs is 2. The van der Waals surface area contributed by atoms with Crippen LogP contribution in [0.15, 0.2) is 23.1 Å². The van der Waals surface area contributed by atoms with Crippen molar-refractivity contribution in [3.8, 4) is 5.75 Å². The smallest absolute Gasteiger partial charge is 0.255 e. The summed E-state index contributed by atoms with van der Waals surface area (Å²) in [6, 6.07) is 7.13. The van der Waals surface area contributed by atoms with E-state index in [4.69, 9.17) is 19.4 Å². The average Bonchev–Trinajstić information content (AvgIpc) is 3.11. The fourth-order valence-corrected chi connectivity index (χ4v) is 7.01. The molecular weight excluding hydrogens is 462 g/mol. The van der Waals surface area contributed by atoms with Gasteiger partial charge in [-0.2, -0.15) is 4.98 Å². The van der Waals surface area contributed by atoms with Crippen LogP contribution in [0.5, 0.6) is 5.75 Å². The largest absolute Gasteiger partial charge is 0.580 e. The van der Waals surface area contributed by atoms with E-state index in [1.54, 1.807) is 0 Å². The number of quaternary nitrogens is 1. The Hall–Kier alpha value is -2.23. The van der Waals surface area contributed by atoms with Crippen molar-refractivity contribution in [2.24, 2.45) is 0 Å². The highest BCUT2D eigenvalue weighted by atomic mass is 32.2. The summed E-state index contributed by atoms with van der Waals surface area (Å²) in [5.41, 5.74) is 3.93. The molecule has 0 radical (unpaired) electrons. The second kappa shape index (κ2) is 10.4. The van der Waals surface area contributed by atoms with Crippen LogP contribution in [0.2, 0.25) is 0 Å². The maximum Gasteiger partial charge on any atom is 0.255 e. The number of aliphatic hydroxyl groups is 1. The number of ether oxygens (including phenoxy) is 2. The van der Waals surface area contributed by atoms with Crippen molar-refractivity contribution in [3.05, 3.63) is 35.0 Å². The van der Waals surface area contributed by atoms with E-state index in [0.29, 0.717) is 17.9 Å². The van der Waals surface area contributed by atoms with Gasteiger partial charge in [-0.15, -0.1) is 0 Å². The average molecular weight is 500 g/mol. The van der Waals surface area contributed by atoms with E-state index >= 15 is 0 Å². The van der Waals surface area contributed by atoms with Crippen LogP contribution in [0.25, 0.3) is 0 Å². The summed E-state index contributed by atoms with van der Waals surface area (Å²) >= 11 is 0. The molecule has 0 saturated carbocycles. The molecule has 4 aliphatic heterocycles. The van der Waals surface area contributed by atoms with Crippen LogP contribution in [0, 0.1) is 0 Å². The Morgan fingerprint density at radius 1 is 1.03 bits per heavy atom. The van der Waals surface area contributed by atoms with E-state index in [-0.39, 0.29) is 0 Å². The Balaban J connectivity index is 1.12. The molecule has 0 spiro atoms. The van der Waals surface area contributed by atoms with Gasteiger partial charge < -0.3 is 25.0 Å². The summed E-state index contributed by atoms with van der Waals surface area (Å²) in [7, 11) is -1.01. The lowest BCUT2D eigenvalue weighted by Gasteiger charge is -2.31. The summed E-state index contributed by atoms with van der Waals surface area (Å²) in [6.07, 6.45) is 7.31. The number of nitrogens with one attached hydrogen (secondary N) is 1. The summed E-state index contributed by atoms with van der Waals surface area (Å²) in [6.45, 7) is 5.68. The number of rotatable bonds is 5. The number of aromatic hydroxyl groups is 1. The highest BCUT2D eigenvalue weighted by molar-refractivity contribution is 7.85. The van der Waals surface area contributed by atoms with Crippen molar-refractivity contribution in [1.29, 1.82) is 0 Å². The molecule has 1 aromatic heterocycles. The van der Waals surface area contributed by atoms with Gasteiger partial charge >= 0.3 is 0 Å². The zero-order valence-electron chi connectivity index (χ0n) is 20.4. The van der Waals surface area contributed by atoms with Gasteiger partial charge in [0.05, 0.1) is 29.6 Å². The van der Waals surface area contributed by atoms with E-state index in [1.807, 2.05) is 0 Å². The van der Waals surface area contributed by atoms with Crippen molar-refractivity contribution >= 4 is 22.6 Å². The third-order valence-corrected chi connectivity index (χ3v) is 9.20. The molecule has 35 heavy (non-hydrogen) atoms. The lowest BCUT2D eigenvalue weighted by atomic mass is 10.0. The number of nitrogens with zero attached hydrogens (tertiary/aromatic N) is 3. The van der Waals surface area contributed by atoms with E-state index in [0.717, 1.165) is 99.4 Å². The molecule has 2 fully saturated rings. The summed E-state index contributed by atoms with van der Waals surface area (Å²) in [5, 5.41) is 6.00. The van der Waals surface area contributed by atoms with E-state index < -0.39 is 10.8 Å². The molecule has 8 nitrogen and oxygen atoms in total. The third-order valence-electron chi connectivity index (χ3n) is 7.74. The molecule has 5 heterocycles. The standard InChI is InChI=1S/C26H35N5O3S/c32-35-16-9-23-24(35)25(28-20-7-14-33-15-8-20)30-26(29-23)31-12-5-21(6-13-31)34-22-2-1-18-3-10-27-11-4-19(18)17-22/h1-2,17,20-21,27H,3-16H2,(H,28,29,30)/p+2. The summed E-state index contributed by atoms with van der Waals surface area (Å²) in [5.74, 6) is 3.33. The Labute approximate surface area is 209 Å². The van der Waals surface area contributed by atoms with E-state index in [1.165, 1.54) is 24.2 Å². The maximum atomic E-state index is 12.7. The van der Waals surface area contributed by atoms with Gasteiger partial charge in [0.25, 0.3) is 5.75 Å². The first kappa shape index (κ1) is 23.2. The molecule has 2 aromatic rings. The third kappa shape index (κ3) is 5.17. The maximum absolute atomic E-state index is 12.7. The lowest BCUT2D eigenvalue weighted by Crippen LogP contribution is -2.84. The minimum absolute atomic E-state index is 0.316. The molecule has 4 aliphatic rings. The molecule has 0 aliphatic carbocycles. The van der Waals surface area contributed by atoms with Crippen LogP contribution >= 0.6 is 0 Å². The Morgan fingerprint density at radius 3 is 2.66 bits per heavy atom. The molecule has 1 aromatic carbocycles. The molecule has 2 saturated heterocycles. The molecule has 1 unspecified atom stereocenters. The highest BCUT2D eigenvalue weighted by Gasteiger charge is 2.31. The van der Waals surface area contributed by atoms with Crippen LogP contribution in [-0.4, -0.2) is 76.2 Å². The van der Waals surface area contributed by atoms with Crippen LogP contribution in [-0.2, 0) is 34.8 Å². The first-order valence-electron chi connectivity index (χ1n) is 13.3. The molecule has 6 rings (SSSR count). The molecule has 188 valence electrons. The Bertz CT molecular complexity index is 1080. The lowest BCUT2D eigenvalue weighted by molar-refractivity contribution is -0.652. The van der Waals surface area contributed by atoms with E-state index in [2.05, 4.69) is 33.7 Å². The first-order chi connectivity index (χ1) is 17.2. The van der Waals surface area contributed by atoms with Gasteiger partial charge in [-0.3, -0.25) is 4.21 Å². The zero-order chi connectivity index (χ0) is 23.6. The van der Waals surface area contributed by atoms with Gasteiger partial charge in [0.1, 0.15) is 10.7 Å². The van der Waals surface area contributed by atoms with E-state index in [9.17, 15) is 4.21 Å². The number of aromatic nitrogens is 2. The van der Waals surface area contributed by atoms with Crippen molar-refractivity contribution in [2.45, 2.75) is 62.0 Å². The SMILES string of the molecule is O=S1CCc2nc(N3CCC([OH+]c4ccc5c(c4)CC[NH2+]CC5)CC3)nc(NC3CCOCC3)c21. The minimum atomic E-state index is -1.01. The topological polar surface area (TPSA) is 96.8 Å². The summed E-state index contributed by atoms with van der Waals surface area (Å²) in [4.78, 5) is 12.9. The molecule has 0 amide bonds. The van der Waals surface area contributed by atoms with Crippen molar-refractivity contribution < 1.29 is 19.0 Å². The monoisotopic (exact) mass is 499 g/mol. The quantitative estimate of drug-likeness (QED) is 0.602. The molecule has 9 heteroatoms. The Morgan fingerprint density at radius 2 is 1.83 bits per heavy atom. The van der Waals surface area contributed by atoms with Gasteiger partial charge in [-0.25, -0.2) is 4.98 Å². The number of piperidine rings is 1. The number of anilines is 2. The van der Waals surface area contributed by atoms with Crippen LogP contribution in [0.1, 0.15) is 42.5 Å². The van der Waals surface area contributed by atoms with Gasteiger partial charge in [-0.05, 0) is 30.0 Å². The van der Waals surface area contributed by atoms with Crippen molar-refractivity contribution in [1.82, 2.24) is 9.97 Å². The number of hydrogen-bond acceptors (Lipinski definition) is 6. The predicted octanol–water partition coefficient (Wildman–Crippen LogP) is 1.30. The van der Waals surface area contributed by atoms with Crippen molar-refractivity contribution in [3.63, 3.8) is 0 Å². The molecule has 1 atom stereocenters. The van der Waals surface area contributed by atoms with Crippen LogP contribution < -0.4 is 15.5 Å². The number of benzene rings is 1. The summed E-state index contributed by atoms with van der Waals surface area (Å²) < 4.78 is 23.3. The normalized spacial score (nSPS) is 23.4. The van der Waals surface area contributed by atoms with Crippen molar-refractivity contribution in [2.75, 3.05) is 55.4 Å². The first-order valence-corrected chi connectivity index (χ1v) is 14.6. The molecule has 4 N–H and O–H groups in total. The fraction of sp³-hybridized carbons (Fsp3) is 0.615. The fourth-order valence-electron chi connectivity index (χ4n) is 5.69. The van der Waals surface area contributed by atoms with Gasteiger partial charge in [0.15, 0.2) is 6.10 Å². The molecular formula is C26H37N5O3S+2. The second-order valence-electron chi connectivity index (χ2n) is 10.1. The minimum Gasteiger partial charge on any atom is -0.580 e. The van der Waals surface area contributed by atoms with Gasteiger partial charge in [0, 0.05) is 82.3 Å². The second-order valence-corrected chi connectivity index (χ2v) is 11.7. The van der Waals surface area contributed by atoms with Crippen LogP contribution in [0.4, 0.5) is 11.8 Å². The number of nitrogens with two attached hydrogens (primary N) is 1. The highest BCUT2D eigenvalue weighted by Crippen LogP contribution is 2.32. The number of aryl methyl sites for hydroxylation is 1. The number of hydrogen-bond donors (Lipinski definition) is 2. The zero-order valence-corrected chi connectivity index (χ0v) is 21.2. The molecule has 0 bridgehead atoms.